The Hall–Kier alpha value is -2.33. The molecule has 2 saturated heterocycles. The monoisotopic (exact) mass is 364 g/mol. The van der Waals surface area contributed by atoms with Gasteiger partial charge in [-0.25, -0.2) is 0 Å². The highest BCUT2D eigenvalue weighted by molar-refractivity contribution is 5.95. The minimum atomic E-state index is 0.179. The summed E-state index contributed by atoms with van der Waals surface area (Å²) in [6.07, 6.45) is 4.85. The second kappa shape index (κ2) is 8.13. The van der Waals surface area contributed by atoms with Gasteiger partial charge in [0.25, 0.3) is 5.91 Å². The molecular formula is C23H28N2O2. The van der Waals surface area contributed by atoms with Crippen LogP contribution in [0.4, 0.5) is 0 Å². The first-order chi connectivity index (χ1) is 13.2. The maximum absolute atomic E-state index is 13.1. The van der Waals surface area contributed by atoms with Crippen LogP contribution in [0.5, 0.6) is 5.75 Å². The summed E-state index contributed by atoms with van der Waals surface area (Å²) >= 11 is 0. The first-order valence-electron chi connectivity index (χ1n) is 10.0. The Bertz CT molecular complexity index is 764. The van der Waals surface area contributed by atoms with E-state index >= 15 is 0 Å². The lowest BCUT2D eigenvalue weighted by atomic mass is 10.0. The molecule has 2 heterocycles. The van der Waals surface area contributed by atoms with Crippen LogP contribution in [0.15, 0.2) is 48.5 Å². The summed E-state index contributed by atoms with van der Waals surface area (Å²) in [5.74, 6) is 1.03. The van der Waals surface area contributed by atoms with E-state index in [4.69, 9.17) is 4.74 Å². The standard InChI is InChI=1S/C23H28N2O2/c1-27-22-12-10-19(11-13-22)18-6-8-20(9-7-18)23(26)25-16-4-5-21(25)17-24-14-2-3-15-24/h6-13,21H,2-5,14-17H2,1H3. The second-order valence-electron chi connectivity index (χ2n) is 7.61. The summed E-state index contributed by atoms with van der Waals surface area (Å²) in [6.45, 7) is 4.30. The average Bonchev–Trinajstić information content (AvgIpc) is 3.40. The van der Waals surface area contributed by atoms with Gasteiger partial charge in [-0.05, 0) is 74.2 Å². The van der Waals surface area contributed by atoms with Gasteiger partial charge in [-0.1, -0.05) is 24.3 Å². The first-order valence-corrected chi connectivity index (χ1v) is 10.0. The molecule has 2 fully saturated rings. The highest BCUT2D eigenvalue weighted by Gasteiger charge is 2.31. The van der Waals surface area contributed by atoms with Gasteiger partial charge < -0.3 is 14.5 Å². The van der Waals surface area contributed by atoms with E-state index in [1.165, 1.54) is 25.9 Å². The highest BCUT2D eigenvalue weighted by atomic mass is 16.5. The molecule has 0 aliphatic carbocycles. The van der Waals surface area contributed by atoms with Crippen molar-refractivity contribution in [1.29, 1.82) is 0 Å². The largest absolute Gasteiger partial charge is 0.497 e. The lowest BCUT2D eigenvalue weighted by molar-refractivity contribution is 0.0709. The van der Waals surface area contributed by atoms with Gasteiger partial charge in [-0.3, -0.25) is 4.79 Å². The predicted octanol–water partition coefficient (Wildman–Crippen LogP) is 4.06. The average molecular weight is 364 g/mol. The Morgan fingerprint density at radius 2 is 1.56 bits per heavy atom. The molecule has 2 aromatic carbocycles. The summed E-state index contributed by atoms with van der Waals surface area (Å²) in [7, 11) is 1.67. The Morgan fingerprint density at radius 1 is 0.926 bits per heavy atom. The van der Waals surface area contributed by atoms with Gasteiger partial charge in [-0.2, -0.15) is 0 Å². The molecule has 1 atom stereocenters. The summed E-state index contributed by atoms with van der Waals surface area (Å²) in [5.41, 5.74) is 3.03. The number of methoxy groups -OCH3 is 1. The molecule has 0 bridgehead atoms. The van der Waals surface area contributed by atoms with Crippen LogP contribution in [0.2, 0.25) is 0 Å². The number of benzene rings is 2. The van der Waals surface area contributed by atoms with Crippen LogP contribution in [0.1, 0.15) is 36.0 Å². The van der Waals surface area contributed by atoms with Crippen molar-refractivity contribution in [2.75, 3.05) is 33.3 Å². The van der Waals surface area contributed by atoms with Gasteiger partial charge >= 0.3 is 0 Å². The number of nitrogens with zero attached hydrogens (tertiary/aromatic N) is 2. The van der Waals surface area contributed by atoms with E-state index in [0.29, 0.717) is 6.04 Å². The molecule has 1 amide bonds. The fraction of sp³-hybridized carbons (Fsp3) is 0.435. The number of hydrogen-bond acceptors (Lipinski definition) is 3. The van der Waals surface area contributed by atoms with E-state index in [1.807, 2.05) is 48.5 Å². The third-order valence-electron chi connectivity index (χ3n) is 5.86. The molecule has 4 rings (SSSR count). The molecule has 2 aromatic rings. The topological polar surface area (TPSA) is 32.8 Å². The van der Waals surface area contributed by atoms with E-state index in [-0.39, 0.29) is 5.91 Å². The molecule has 4 nitrogen and oxygen atoms in total. The van der Waals surface area contributed by atoms with Crippen molar-refractivity contribution in [3.63, 3.8) is 0 Å². The zero-order chi connectivity index (χ0) is 18.6. The number of carbonyl (C=O) groups is 1. The van der Waals surface area contributed by atoms with Crippen LogP contribution in [0, 0.1) is 0 Å². The van der Waals surface area contributed by atoms with Gasteiger partial charge in [-0.15, -0.1) is 0 Å². The Balaban J connectivity index is 1.44. The van der Waals surface area contributed by atoms with E-state index < -0.39 is 0 Å². The Kier molecular flexibility index (Phi) is 5.44. The maximum Gasteiger partial charge on any atom is 0.254 e. The lowest BCUT2D eigenvalue weighted by Gasteiger charge is -2.28. The van der Waals surface area contributed by atoms with Gasteiger partial charge in [0.2, 0.25) is 0 Å². The molecule has 0 aromatic heterocycles. The van der Waals surface area contributed by atoms with E-state index in [9.17, 15) is 4.79 Å². The van der Waals surface area contributed by atoms with Crippen LogP contribution < -0.4 is 4.74 Å². The van der Waals surface area contributed by atoms with Crippen molar-refractivity contribution in [3.8, 4) is 16.9 Å². The van der Waals surface area contributed by atoms with Gasteiger partial charge in [0.05, 0.1) is 7.11 Å². The van der Waals surface area contributed by atoms with E-state index in [0.717, 1.165) is 48.4 Å². The first kappa shape index (κ1) is 18.1. The van der Waals surface area contributed by atoms with Crippen LogP contribution in [0.25, 0.3) is 11.1 Å². The number of rotatable bonds is 5. The Morgan fingerprint density at radius 3 is 2.19 bits per heavy atom. The van der Waals surface area contributed by atoms with Crippen molar-refractivity contribution >= 4 is 5.91 Å². The number of likely N-dealkylation sites (tertiary alicyclic amines) is 2. The lowest BCUT2D eigenvalue weighted by Crippen LogP contribution is -2.42. The van der Waals surface area contributed by atoms with Crippen molar-refractivity contribution in [3.05, 3.63) is 54.1 Å². The number of ether oxygens (including phenoxy) is 1. The molecule has 0 radical (unpaired) electrons. The van der Waals surface area contributed by atoms with Crippen LogP contribution in [-0.4, -0.2) is 55.0 Å². The van der Waals surface area contributed by atoms with Gasteiger partial charge in [0.15, 0.2) is 0 Å². The van der Waals surface area contributed by atoms with Crippen LogP contribution in [-0.2, 0) is 0 Å². The fourth-order valence-corrected chi connectivity index (χ4v) is 4.31. The Labute approximate surface area is 161 Å². The van der Waals surface area contributed by atoms with Crippen molar-refractivity contribution in [2.45, 2.75) is 31.7 Å². The molecule has 2 aliphatic rings. The predicted molar refractivity (Wildman–Crippen MR) is 108 cm³/mol. The third kappa shape index (κ3) is 4.01. The summed E-state index contributed by atoms with van der Waals surface area (Å²) in [6, 6.07) is 16.4. The summed E-state index contributed by atoms with van der Waals surface area (Å²) in [4.78, 5) is 17.7. The number of carbonyl (C=O) groups excluding carboxylic acids is 1. The van der Waals surface area contributed by atoms with Crippen LogP contribution in [0.3, 0.4) is 0 Å². The molecule has 4 heteroatoms. The zero-order valence-electron chi connectivity index (χ0n) is 16.1. The molecule has 142 valence electrons. The molecular weight excluding hydrogens is 336 g/mol. The number of hydrogen-bond donors (Lipinski definition) is 0. The molecule has 0 saturated carbocycles. The normalized spacial score (nSPS) is 20.2. The molecule has 0 N–H and O–H groups in total. The highest BCUT2D eigenvalue weighted by Crippen LogP contribution is 2.25. The minimum absolute atomic E-state index is 0.179. The molecule has 0 spiro atoms. The SMILES string of the molecule is COc1ccc(-c2ccc(C(=O)N3CCCC3CN3CCCC3)cc2)cc1. The third-order valence-corrected chi connectivity index (χ3v) is 5.86. The number of amides is 1. The summed E-state index contributed by atoms with van der Waals surface area (Å²) < 4.78 is 5.22. The van der Waals surface area contributed by atoms with Crippen LogP contribution >= 0.6 is 0 Å². The maximum atomic E-state index is 13.1. The van der Waals surface area contributed by atoms with Crippen molar-refractivity contribution in [2.24, 2.45) is 0 Å². The zero-order valence-corrected chi connectivity index (χ0v) is 16.1. The van der Waals surface area contributed by atoms with Crippen molar-refractivity contribution in [1.82, 2.24) is 9.80 Å². The summed E-state index contributed by atoms with van der Waals surface area (Å²) in [5, 5.41) is 0. The van der Waals surface area contributed by atoms with Gasteiger partial charge in [0, 0.05) is 24.7 Å². The smallest absolute Gasteiger partial charge is 0.254 e. The molecule has 1 unspecified atom stereocenters. The van der Waals surface area contributed by atoms with E-state index in [2.05, 4.69) is 9.80 Å². The fourth-order valence-electron chi connectivity index (χ4n) is 4.31. The van der Waals surface area contributed by atoms with E-state index in [1.54, 1.807) is 7.11 Å². The van der Waals surface area contributed by atoms with Crippen molar-refractivity contribution < 1.29 is 9.53 Å². The second-order valence-corrected chi connectivity index (χ2v) is 7.61. The minimum Gasteiger partial charge on any atom is -0.497 e. The molecule has 2 aliphatic heterocycles. The molecule has 27 heavy (non-hydrogen) atoms. The quantitative estimate of drug-likeness (QED) is 0.802. The van der Waals surface area contributed by atoms with Gasteiger partial charge in [0.1, 0.15) is 5.75 Å².